The van der Waals surface area contributed by atoms with Crippen molar-refractivity contribution in [2.45, 2.75) is 44.3 Å². The molecule has 0 radical (unpaired) electrons. The van der Waals surface area contributed by atoms with E-state index in [1.54, 1.807) is 11.0 Å². The van der Waals surface area contributed by atoms with Gasteiger partial charge in [0.25, 0.3) is 0 Å². The average molecular weight is 371 g/mol. The molecule has 2 unspecified atom stereocenters. The minimum Gasteiger partial charge on any atom is -0.376 e. The Kier molecular flexibility index (Phi) is 5.74. The molecule has 3 heterocycles. The summed E-state index contributed by atoms with van der Waals surface area (Å²) in [5.74, 6) is 0.121. The first-order valence-corrected chi connectivity index (χ1v) is 9.61. The highest BCUT2D eigenvalue weighted by molar-refractivity contribution is 5.79. The van der Waals surface area contributed by atoms with E-state index < -0.39 is 0 Å². The molecule has 0 N–H and O–H groups in total. The van der Waals surface area contributed by atoms with Crippen molar-refractivity contribution in [1.82, 2.24) is 25.1 Å². The highest BCUT2D eigenvalue weighted by Gasteiger charge is 2.26. The second kappa shape index (κ2) is 8.58. The summed E-state index contributed by atoms with van der Waals surface area (Å²) in [6, 6.07) is 7.74. The van der Waals surface area contributed by atoms with Gasteiger partial charge in [-0.15, -0.1) is 5.10 Å². The van der Waals surface area contributed by atoms with E-state index in [0.717, 1.165) is 50.1 Å². The first-order valence-electron chi connectivity index (χ1n) is 9.61. The zero-order chi connectivity index (χ0) is 18.5. The second-order valence-corrected chi connectivity index (χ2v) is 7.17. The molecule has 0 saturated carbocycles. The van der Waals surface area contributed by atoms with Crippen molar-refractivity contribution < 1.29 is 14.3 Å². The predicted octanol–water partition coefficient (Wildman–Crippen LogP) is 1.39. The first kappa shape index (κ1) is 18.1. The number of ether oxygens (including phenoxy) is 2. The first-order chi connectivity index (χ1) is 13.3. The molecule has 2 aliphatic rings. The lowest BCUT2D eigenvalue weighted by Gasteiger charge is -2.28. The number of amides is 1. The standard InChI is InChI=1S/C19H25N5O3/c25-19(11-15-5-7-16(8-6-15)24-14-20-21-22-24)23(12-17-3-1-9-26-17)13-18-4-2-10-27-18/h5-8,14,17-18H,1-4,9-13H2. The second-order valence-electron chi connectivity index (χ2n) is 7.17. The van der Waals surface area contributed by atoms with Crippen LogP contribution in [0, 0.1) is 0 Å². The van der Waals surface area contributed by atoms with Crippen LogP contribution in [0.25, 0.3) is 5.69 Å². The molecule has 2 aromatic rings. The Morgan fingerprint density at radius 3 is 2.26 bits per heavy atom. The van der Waals surface area contributed by atoms with Crippen molar-refractivity contribution in [2.75, 3.05) is 26.3 Å². The minimum absolute atomic E-state index is 0.121. The van der Waals surface area contributed by atoms with Crippen LogP contribution in [0.15, 0.2) is 30.6 Å². The summed E-state index contributed by atoms with van der Waals surface area (Å²) < 4.78 is 13.1. The van der Waals surface area contributed by atoms with E-state index in [0.29, 0.717) is 19.5 Å². The zero-order valence-corrected chi connectivity index (χ0v) is 15.4. The maximum atomic E-state index is 13.0. The van der Waals surface area contributed by atoms with Gasteiger partial charge in [0.2, 0.25) is 5.91 Å². The van der Waals surface area contributed by atoms with Crippen LogP contribution in [-0.2, 0) is 20.7 Å². The number of rotatable bonds is 7. The van der Waals surface area contributed by atoms with E-state index >= 15 is 0 Å². The number of tetrazole rings is 1. The summed E-state index contributed by atoms with van der Waals surface area (Å²) in [5, 5.41) is 11.1. The van der Waals surface area contributed by atoms with E-state index in [1.165, 1.54) is 0 Å². The lowest BCUT2D eigenvalue weighted by molar-refractivity contribution is -0.133. The summed E-state index contributed by atoms with van der Waals surface area (Å²) in [7, 11) is 0. The van der Waals surface area contributed by atoms with Gasteiger partial charge >= 0.3 is 0 Å². The molecular weight excluding hydrogens is 346 g/mol. The molecule has 0 spiro atoms. The zero-order valence-electron chi connectivity index (χ0n) is 15.4. The monoisotopic (exact) mass is 371 g/mol. The SMILES string of the molecule is O=C(Cc1ccc(-n2cnnn2)cc1)N(CC1CCCO1)CC1CCCO1. The Morgan fingerprint density at radius 2 is 1.74 bits per heavy atom. The van der Waals surface area contributed by atoms with E-state index in [9.17, 15) is 4.79 Å². The Bertz CT molecular complexity index is 704. The third-order valence-electron chi connectivity index (χ3n) is 5.15. The van der Waals surface area contributed by atoms with Crippen LogP contribution in [0.3, 0.4) is 0 Å². The quantitative estimate of drug-likeness (QED) is 0.732. The molecule has 0 aliphatic carbocycles. The van der Waals surface area contributed by atoms with Gasteiger partial charge in [-0.3, -0.25) is 4.79 Å². The lowest BCUT2D eigenvalue weighted by atomic mass is 10.1. The van der Waals surface area contributed by atoms with Gasteiger partial charge in [-0.2, -0.15) is 0 Å². The molecule has 4 rings (SSSR count). The molecule has 2 aliphatic heterocycles. The van der Waals surface area contributed by atoms with Crippen LogP contribution in [0.2, 0.25) is 0 Å². The Balaban J connectivity index is 1.40. The normalized spacial score (nSPS) is 22.2. The summed E-state index contributed by atoms with van der Waals surface area (Å²) in [6.45, 7) is 2.90. The molecule has 8 nitrogen and oxygen atoms in total. The van der Waals surface area contributed by atoms with Gasteiger partial charge in [0.05, 0.1) is 24.3 Å². The molecule has 0 bridgehead atoms. The predicted molar refractivity (Wildman–Crippen MR) is 97.4 cm³/mol. The van der Waals surface area contributed by atoms with Crippen molar-refractivity contribution in [3.8, 4) is 5.69 Å². The van der Waals surface area contributed by atoms with E-state index in [4.69, 9.17) is 9.47 Å². The van der Waals surface area contributed by atoms with Crippen LogP contribution in [0.1, 0.15) is 31.2 Å². The van der Waals surface area contributed by atoms with Crippen LogP contribution in [0.5, 0.6) is 0 Å². The Morgan fingerprint density at radius 1 is 1.07 bits per heavy atom. The molecule has 1 aromatic heterocycles. The largest absolute Gasteiger partial charge is 0.376 e. The van der Waals surface area contributed by atoms with Crippen LogP contribution in [-0.4, -0.2) is 69.5 Å². The van der Waals surface area contributed by atoms with Crippen molar-refractivity contribution >= 4 is 5.91 Å². The Hall–Kier alpha value is -2.32. The van der Waals surface area contributed by atoms with E-state index in [-0.39, 0.29) is 18.1 Å². The highest BCUT2D eigenvalue weighted by atomic mass is 16.5. The summed E-state index contributed by atoms with van der Waals surface area (Å²) in [6.07, 6.45) is 6.41. The van der Waals surface area contributed by atoms with Crippen molar-refractivity contribution in [3.05, 3.63) is 36.2 Å². The summed E-state index contributed by atoms with van der Waals surface area (Å²) >= 11 is 0. The molecule has 27 heavy (non-hydrogen) atoms. The molecule has 2 fully saturated rings. The smallest absolute Gasteiger partial charge is 0.227 e. The molecule has 2 atom stereocenters. The number of hydrogen-bond donors (Lipinski definition) is 0. The molecular formula is C19H25N5O3. The third kappa shape index (κ3) is 4.70. The van der Waals surface area contributed by atoms with Crippen molar-refractivity contribution in [2.24, 2.45) is 0 Å². The van der Waals surface area contributed by atoms with Gasteiger partial charge in [-0.1, -0.05) is 12.1 Å². The van der Waals surface area contributed by atoms with E-state index in [2.05, 4.69) is 15.5 Å². The fourth-order valence-corrected chi connectivity index (χ4v) is 3.68. The number of hydrogen-bond acceptors (Lipinski definition) is 6. The molecule has 144 valence electrons. The summed E-state index contributed by atoms with van der Waals surface area (Å²) in [5.41, 5.74) is 1.84. The number of carbonyl (C=O) groups is 1. The van der Waals surface area contributed by atoms with Gasteiger partial charge in [0, 0.05) is 26.3 Å². The fraction of sp³-hybridized carbons (Fsp3) is 0.579. The number of carbonyl (C=O) groups excluding carboxylic acids is 1. The topological polar surface area (TPSA) is 82.4 Å². The molecule has 1 aromatic carbocycles. The average Bonchev–Trinajstić information content (AvgIpc) is 3.45. The van der Waals surface area contributed by atoms with Crippen LogP contribution < -0.4 is 0 Å². The van der Waals surface area contributed by atoms with Crippen molar-refractivity contribution in [1.29, 1.82) is 0 Å². The van der Waals surface area contributed by atoms with Crippen LogP contribution in [0.4, 0.5) is 0 Å². The number of aromatic nitrogens is 4. The molecule has 1 amide bonds. The van der Waals surface area contributed by atoms with Gasteiger partial charge < -0.3 is 14.4 Å². The Labute approximate surface area is 158 Å². The third-order valence-corrected chi connectivity index (χ3v) is 5.15. The van der Waals surface area contributed by atoms with Gasteiger partial charge in [-0.25, -0.2) is 4.68 Å². The van der Waals surface area contributed by atoms with Crippen molar-refractivity contribution in [3.63, 3.8) is 0 Å². The highest BCUT2D eigenvalue weighted by Crippen LogP contribution is 2.18. The van der Waals surface area contributed by atoms with Crippen LogP contribution >= 0.6 is 0 Å². The van der Waals surface area contributed by atoms with Gasteiger partial charge in [-0.05, 0) is 53.8 Å². The molecule has 8 heteroatoms. The van der Waals surface area contributed by atoms with Gasteiger partial charge in [0.15, 0.2) is 0 Å². The summed E-state index contributed by atoms with van der Waals surface area (Å²) in [4.78, 5) is 14.9. The lowest BCUT2D eigenvalue weighted by Crippen LogP contribution is -2.42. The number of nitrogens with zero attached hydrogens (tertiary/aromatic N) is 5. The number of benzene rings is 1. The fourth-order valence-electron chi connectivity index (χ4n) is 3.68. The van der Waals surface area contributed by atoms with Gasteiger partial charge in [0.1, 0.15) is 6.33 Å². The maximum Gasteiger partial charge on any atom is 0.227 e. The van der Waals surface area contributed by atoms with E-state index in [1.807, 2.05) is 29.2 Å². The maximum absolute atomic E-state index is 13.0. The molecule has 2 saturated heterocycles. The minimum atomic E-state index is 0.121.